The molecule has 0 aromatic carbocycles. The Bertz CT molecular complexity index is 182. The van der Waals surface area contributed by atoms with Crippen molar-refractivity contribution in [3.05, 3.63) is 0 Å². The summed E-state index contributed by atoms with van der Waals surface area (Å²) in [4.78, 5) is 0. The van der Waals surface area contributed by atoms with Crippen LogP contribution in [0.2, 0.25) is 0 Å². The maximum atomic E-state index is 7.62. The summed E-state index contributed by atoms with van der Waals surface area (Å²) < 4.78 is 0. The van der Waals surface area contributed by atoms with E-state index >= 15 is 0 Å². The average molecular weight is 445 g/mol. The molecule has 182 valence electrons. The number of hydrogen-bond acceptors (Lipinski definition) is 7. The maximum Gasteiger partial charge on any atom is 0.0662 e. The van der Waals surface area contributed by atoms with Gasteiger partial charge in [-0.3, -0.25) is 0 Å². The van der Waals surface area contributed by atoms with Crippen LogP contribution >= 0.6 is 12.6 Å². The molecule has 0 unspecified atom stereocenters. The van der Waals surface area contributed by atoms with Crippen molar-refractivity contribution in [2.45, 2.75) is 96.8 Å². The Kier molecular flexibility index (Phi) is 58.3. The van der Waals surface area contributed by atoms with Crippen LogP contribution in [0.4, 0.5) is 0 Å². The summed E-state index contributed by atoms with van der Waals surface area (Å²) in [5, 5.41) is 45.8. The molecule has 29 heavy (non-hydrogen) atoms. The molecule has 0 rings (SSSR count). The fourth-order valence-electron chi connectivity index (χ4n) is 2.31. The molecule has 0 heterocycles. The zero-order valence-corrected chi connectivity index (χ0v) is 19.9. The Morgan fingerprint density at radius 2 is 0.586 bits per heavy atom. The topological polar surface area (TPSA) is 121 Å². The second kappa shape index (κ2) is 46.4. The van der Waals surface area contributed by atoms with Gasteiger partial charge >= 0.3 is 0 Å². The van der Waals surface area contributed by atoms with E-state index in [-0.39, 0.29) is 39.6 Å². The number of hydrogen-bond donors (Lipinski definition) is 7. The van der Waals surface area contributed by atoms with E-state index in [0.717, 1.165) is 5.75 Å². The highest BCUT2D eigenvalue weighted by molar-refractivity contribution is 7.80. The molecule has 0 saturated carbocycles. The van der Waals surface area contributed by atoms with Crippen molar-refractivity contribution < 1.29 is 30.6 Å². The quantitative estimate of drug-likeness (QED) is 0.136. The molecule has 0 atom stereocenters. The maximum absolute atomic E-state index is 7.62. The first kappa shape index (κ1) is 36.5. The molecule has 0 radical (unpaired) electrons. The molecule has 0 aliphatic carbocycles. The second-order valence-corrected chi connectivity index (χ2v) is 7.11. The minimum Gasteiger partial charge on any atom is -0.394 e. The van der Waals surface area contributed by atoms with E-state index in [4.69, 9.17) is 30.6 Å². The molecule has 6 nitrogen and oxygen atoms in total. The van der Waals surface area contributed by atoms with Crippen molar-refractivity contribution in [3.8, 4) is 0 Å². The highest BCUT2D eigenvalue weighted by Gasteiger charge is 1.93. The van der Waals surface area contributed by atoms with Crippen LogP contribution in [0, 0.1) is 0 Å². The fraction of sp³-hybridized carbons (Fsp3) is 1.00. The lowest BCUT2D eigenvalue weighted by Crippen LogP contribution is -1.85. The molecule has 0 saturated heterocycles. The monoisotopic (exact) mass is 444 g/mol. The third kappa shape index (κ3) is 65.5. The van der Waals surface area contributed by atoms with Crippen molar-refractivity contribution in [2.75, 3.05) is 45.4 Å². The molecule has 6 N–H and O–H groups in total. The zero-order valence-electron chi connectivity index (χ0n) is 19.0. The Morgan fingerprint density at radius 1 is 0.379 bits per heavy atom. The van der Waals surface area contributed by atoms with Crippen LogP contribution in [0.5, 0.6) is 0 Å². The highest BCUT2D eigenvalue weighted by Crippen LogP contribution is 2.12. The predicted octanol–water partition coefficient (Wildman–Crippen LogP) is 3.31. The molecule has 0 aliphatic rings. The van der Waals surface area contributed by atoms with Crippen LogP contribution in [-0.4, -0.2) is 76.0 Å². The van der Waals surface area contributed by atoms with Crippen LogP contribution in [0.3, 0.4) is 0 Å². The number of thiol groups is 1. The number of unbranched alkanes of at least 4 members (excludes halogenated alkanes) is 13. The minimum atomic E-state index is -0.125. The first-order chi connectivity index (χ1) is 14.2. The lowest BCUT2D eigenvalue weighted by Gasteiger charge is -2.02. The van der Waals surface area contributed by atoms with Gasteiger partial charge in [0.15, 0.2) is 0 Å². The van der Waals surface area contributed by atoms with Crippen molar-refractivity contribution in [1.29, 1.82) is 0 Å². The molecule has 0 bridgehead atoms. The molecule has 0 fully saturated rings. The van der Waals surface area contributed by atoms with E-state index in [9.17, 15) is 0 Å². The Labute approximate surface area is 185 Å². The van der Waals surface area contributed by atoms with Gasteiger partial charge in [-0.15, -0.1) is 0 Å². The van der Waals surface area contributed by atoms with Gasteiger partial charge in [-0.25, -0.2) is 0 Å². The summed E-state index contributed by atoms with van der Waals surface area (Å²) >= 11 is 4.23. The van der Waals surface area contributed by atoms with E-state index in [1.165, 1.54) is 89.9 Å². The van der Waals surface area contributed by atoms with Gasteiger partial charge in [0, 0.05) is 0 Å². The summed E-state index contributed by atoms with van der Waals surface area (Å²) in [6, 6.07) is 0. The third-order valence-electron chi connectivity index (χ3n) is 3.81. The molecule has 0 aromatic heterocycles. The lowest BCUT2D eigenvalue weighted by molar-refractivity contribution is 0.186. The van der Waals surface area contributed by atoms with Gasteiger partial charge in [-0.1, -0.05) is 90.4 Å². The summed E-state index contributed by atoms with van der Waals surface area (Å²) in [6.07, 6.45) is 20.1. The van der Waals surface area contributed by atoms with Crippen LogP contribution in [0.1, 0.15) is 96.8 Å². The van der Waals surface area contributed by atoms with E-state index in [1.807, 2.05) is 0 Å². The smallest absolute Gasteiger partial charge is 0.0662 e. The van der Waals surface area contributed by atoms with E-state index in [2.05, 4.69) is 19.6 Å². The molecule has 7 heteroatoms. The second-order valence-electron chi connectivity index (χ2n) is 6.66. The van der Waals surface area contributed by atoms with E-state index in [1.54, 1.807) is 0 Å². The van der Waals surface area contributed by atoms with Crippen molar-refractivity contribution in [1.82, 2.24) is 0 Å². The predicted molar refractivity (Wildman–Crippen MR) is 127 cm³/mol. The molecule has 0 amide bonds. The minimum absolute atomic E-state index is 0.125. The molecule has 0 aliphatic heterocycles. The number of aliphatic hydroxyl groups excluding tert-OH is 6. The first-order valence-corrected chi connectivity index (χ1v) is 12.1. The Morgan fingerprint density at radius 3 is 0.759 bits per heavy atom. The molecule has 0 aromatic rings. The van der Waals surface area contributed by atoms with Crippen LogP contribution < -0.4 is 0 Å². The van der Waals surface area contributed by atoms with Gasteiger partial charge in [0.05, 0.1) is 39.6 Å². The van der Waals surface area contributed by atoms with Crippen molar-refractivity contribution in [2.24, 2.45) is 0 Å². The largest absolute Gasteiger partial charge is 0.394 e. The third-order valence-corrected chi connectivity index (χ3v) is 4.13. The fourth-order valence-corrected chi connectivity index (χ4v) is 2.53. The normalized spacial score (nSPS) is 9.52. The van der Waals surface area contributed by atoms with Gasteiger partial charge in [0.1, 0.15) is 0 Å². The Balaban J connectivity index is -0.000000212. The number of aliphatic hydroxyl groups is 6. The van der Waals surface area contributed by atoms with Crippen LogP contribution in [0.15, 0.2) is 0 Å². The zero-order chi connectivity index (χ0) is 22.8. The summed E-state index contributed by atoms with van der Waals surface area (Å²) in [5.41, 5.74) is 0. The molecular formula is C22H52O6S. The van der Waals surface area contributed by atoms with Gasteiger partial charge in [0.25, 0.3) is 0 Å². The highest BCUT2D eigenvalue weighted by atomic mass is 32.1. The van der Waals surface area contributed by atoms with Crippen molar-refractivity contribution in [3.63, 3.8) is 0 Å². The average Bonchev–Trinajstić information content (AvgIpc) is 2.77. The standard InChI is InChI=1S/C16H34S.3C2H6O2/c1-2-3-4-5-6-7-8-9-10-11-12-13-14-15-16-17;3*3-1-2-4/h17H,2-16H2,1H3;3*3-4H,1-2H2. The first-order valence-electron chi connectivity index (χ1n) is 11.4. The van der Waals surface area contributed by atoms with Gasteiger partial charge < -0.3 is 30.6 Å². The van der Waals surface area contributed by atoms with Crippen molar-refractivity contribution >= 4 is 12.6 Å². The number of rotatable bonds is 17. The van der Waals surface area contributed by atoms with E-state index < -0.39 is 0 Å². The summed E-state index contributed by atoms with van der Waals surface area (Å²) in [5.74, 6) is 1.07. The SMILES string of the molecule is CCCCCCCCCCCCCCCCS.OCCO.OCCO.OCCO. The van der Waals surface area contributed by atoms with Gasteiger partial charge in [-0.05, 0) is 12.2 Å². The summed E-state index contributed by atoms with van der Waals surface area (Å²) in [7, 11) is 0. The Hall–Kier alpha value is 0.110. The summed E-state index contributed by atoms with van der Waals surface area (Å²) in [6.45, 7) is 1.54. The van der Waals surface area contributed by atoms with Gasteiger partial charge in [0.2, 0.25) is 0 Å². The van der Waals surface area contributed by atoms with Crippen LogP contribution in [-0.2, 0) is 0 Å². The van der Waals surface area contributed by atoms with E-state index in [0.29, 0.717) is 0 Å². The van der Waals surface area contributed by atoms with Gasteiger partial charge in [-0.2, -0.15) is 12.6 Å². The molecular weight excluding hydrogens is 392 g/mol. The molecule has 0 spiro atoms. The van der Waals surface area contributed by atoms with Crippen LogP contribution in [0.25, 0.3) is 0 Å². The lowest BCUT2D eigenvalue weighted by atomic mass is 10.0.